The van der Waals surface area contributed by atoms with Crippen molar-refractivity contribution in [3.05, 3.63) is 36.0 Å². The van der Waals surface area contributed by atoms with E-state index in [4.69, 9.17) is 14.0 Å². The van der Waals surface area contributed by atoms with Crippen LogP contribution in [-0.2, 0) is 34.9 Å². The first-order chi connectivity index (χ1) is 24.9. The van der Waals surface area contributed by atoms with Gasteiger partial charge in [-0.25, -0.2) is 4.79 Å². The molecule has 0 spiro atoms. The number of ketones is 2. The van der Waals surface area contributed by atoms with Gasteiger partial charge in [-0.3, -0.25) is 19.0 Å². The Balaban J connectivity index is 1.09. The molecule has 1 aromatic heterocycles. The highest BCUT2D eigenvalue weighted by molar-refractivity contribution is 6.47. The fourth-order valence-corrected chi connectivity index (χ4v) is 12.0. The van der Waals surface area contributed by atoms with E-state index < -0.39 is 35.7 Å². The summed E-state index contributed by atoms with van der Waals surface area (Å²) in [5.74, 6) is 0.804. The Morgan fingerprint density at radius 1 is 1.02 bits per heavy atom. The monoisotopic (exact) mass is 726 g/mol. The van der Waals surface area contributed by atoms with Gasteiger partial charge >= 0.3 is 13.2 Å². The molecule has 8 fully saturated rings. The van der Waals surface area contributed by atoms with Crippen molar-refractivity contribution in [2.24, 2.45) is 52.3 Å². The SMILES string of the molecule is CC(C)C[C@H](NC(=O)[C@@H](CC(=O)C12CC3CC(C1)C(=O)C(C3)C2)Cc1cn(C(=O)OC(C)(C)C)c2ccccc12)B1O[C@@H]2C[C@@H]3C[C@@H](C3(C)C)[C@]2(C)O1. The smallest absolute Gasteiger partial charge is 0.443 e. The van der Waals surface area contributed by atoms with Gasteiger partial charge in [-0.05, 0) is 126 Å². The van der Waals surface area contributed by atoms with Crippen LogP contribution in [0.1, 0.15) is 119 Å². The molecule has 2 unspecified atom stereocenters. The standard InChI is InChI=1S/C43H59BN2O7/c1-24(2)13-36(44-52-35-19-30-18-33(41(30,6)7)42(35,8)53-44)45-38(49)26(17-34(47)43-20-25-14-27(21-43)37(48)28(15-25)22-43)16-29-23-46(39(50)51-40(3,4)5)32-12-10-9-11-31(29)32/h9-12,23-28,30,33,35-36H,13-22H2,1-8H3,(H,45,49)/t25?,26-,27?,28?,30+,33+,35-,36+,42+,43?/m1/s1. The number of carbonyl (C=O) groups excluding carboxylic acids is 4. The number of hydrogen-bond acceptors (Lipinski definition) is 7. The van der Waals surface area contributed by atoms with Crippen molar-refractivity contribution in [3.8, 4) is 0 Å². The van der Waals surface area contributed by atoms with Crippen molar-refractivity contribution in [1.29, 1.82) is 0 Å². The van der Waals surface area contributed by atoms with Gasteiger partial charge in [0.25, 0.3) is 0 Å². The molecule has 1 N–H and O–H groups in total. The lowest BCUT2D eigenvalue weighted by Gasteiger charge is -2.64. The van der Waals surface area contributed by atoms with Crippen LogP contribution < -0.4 is 5.32 Å². The second-order valence-corrected chi connectivity index (χ2v) is 20.2. The zero-order valence-electron chi connectivity index (χ0n) is 33.0. The highest BCUT2D eigenvalue weighted by atomic mass is 16.7. The van der Waals surface area contributed by atoms with Crippen LogP contribution in [0.5, 0.6) is 0 Å². The van der Waals surface area contributed by atoms with E-state index in [-0.39, 0.29) is 59.7 Å². The van der Waals surface area contributed by atoms with Crippen molar-refractivity contribution in [2.45, 2.75) is 143 Å². The van der Waals surface area contributed by atoms with Crippen LogP contribution in [0.3, 0.4) is 0 Å². The molecule has 2 aromatic rings. The quantitative estimate of drug-likeness (QED) is 0.250. The Kier molecular flexibility index (Phi) is 8.92. The van der Waals surface area contributed by atoms with E-state index in [0.717, 1.165) is 43.1 Å². The van der Waals surface area contributed by atoms with E-state index in [1.165, 1.54) is 4.57 Å². The topological polar surface area (TPSA) is 113 Å². The van der Waals surface area contributed by atoms with Gasteiger partial charge in [-0.2, -0.15) is 0 Å². The number of nitrogens with zero attached hydrogens (tertiary/aromatic N) is 1. The summed E-state index contributed by atoms with van der Waals surface area (Å²) in [7, 11) is -0.578. The molecule has 0 radical (unpaired) electrons. The maximum absolute atomic E-state index is 14.8. The normalized spacial score (nSPS) is 34.9. The largest absolute Gasteiger partial charge is 0.481 e. The molecule has 53 heavy (non-hydrogen) atoms. The lowest BCUT2D eigenvalue weighted by Crippen LogP contribution is -2.65. The molecule has 1 saturated heterocycles. The highest BCUT2D eigenvalue weighted by Crippen LogP contribution is 2.66. The van der Waals surface area contributed by atoms with Gasteiger partial charge in [0, 0.05) is 41.2 Å². The van der Waals surface area contributed by atoms with Crippen LogP contribution >= 0.6 is 0 Å². The second-order valence-electron chi connectivity index (χ2n) is 20.2. The maximum atomic E-state index is 14.8. The Morgan fingerprint density at radius 2 is 1.72 bits per heavy atom. The van der Waals surface area contributed by atoms with E-state index in [1.54, 1.807) is 6.20 Å². The van der Waals surface area contributed by atoms with Gasteiger partial charge in [-0.1, -0.05) is 45.9 Å². The van der Waals surface area contributed by atoms with Crippen molar-refractivity contribution >= 4 is 41.6 Å². The van der Waals surface area contributed by atoms with Crippen molar-refractivity contribution in [1.82, 2.24) is 9.88 Å². The van der Waals surface area contributed by atoms with Crippen molar-refractivity contribution < 1.29 is 33.2 Å². The minimum Gasteiger partial charge on any atom is -0.443 e. The molecule has 286 valence electrons. The minimum atomic E-state index is -0.690. The van der Waals surface area contributed by atoms with E-state index in [0.29, 0.717) is 48.3 Å². The van der Waals surface area contributed by atoms with Crippen LogP contribution in [0.4, 0.5) is 4.79 Å². The summed E-state index contributed by atoms with van der Waals surface area (Å²) in [4.78, 5) is 55.9. The van der Waals surface area contributed by atoms with Crippen LogP contribution in [0.25, 0.3) is 10.9 Å². The summed E-state index contributed by atoms with van der Waals surface area (Å²) in [6.45, 7) is 16.7. The summed E-state index contributed by atoms with van der Waals surface area (Å²) in [5, 5.41) is 4.24. The maximum Gasteiger partial charge on any atom is 0.481 e. The zero-order chi connectivity index (χ0) is 37.8. The number of aromatic nitrogens is 1. The predicted octanol–water partition coefficient (Wildman–Crippen LogP) is 7.74. The molecule has 10 heteroatoms. The average molecular weight is 727 g/mol. The van der Waals surface area contributed by atoms with Gasteiger partial charge in [-0.15, -0.1) is 0 Å². The minimum absolute atomic E-state index is 0.00834. The first kappa shape index (κ1) is 37.0. The van der Waals surface area contributed by atoms with Gasteiger partial charge in [0.05, 0.1) is 23.2 Å². The first-order valence-corrected chi connectivity index (χ1v) is 20.4. The summed E-state index contributed by atoms with van der Waals surface area (Å²) >= 11 is 0. The molecule has 8 atom stereocenters. The predicted molar refractivity (Wildman–Crippen MR) is 203 cm³/mol. The van der Waals surface area contributed by atoms with E-state index in [9.17, 15) is 19.2 Å². The van der Waals surface area contributed by atoms with Gasteiger partial charge in [0.15, 0.2) is 0 Å². The van der Waals surface area contributed by atoms with Crippen molar-refractivity contribution in [3.63, 3.8) is 0 Å². The first-order valence-electron chi connectivity index (χ1n) is 20.4. The molecular weight excluding hydrogens is 667 g/mol. The molecule has 6 bridgehead atoms. The molecule has 2 heterocycles. The summed E-state index contributed by atoms with van der Waals surface area (Å²) in [6.07, 6.45) is 8.26. The third-order valence-electron chi connectivity index (χ3n) is 14.6. The molecule has 1 amide bonds. The number of hydrogen-bond donors (Lipinski definition) is 1. The Hall–Kier alpha value is -2.98. The van der Waals surface area contributed by atoms with Crippen LogP contribution in [-0.4, -0.2) is 58.5 Å². The number of benzene rings is 1. The molecule has 9 nitrogen and oxygen atoms in total. The van der Waals surface area contributed by atoms with E-state index in [2.05, 4.69) is 39.9 Å². The lowest BCUT2D eigenvalue weighted by atomic mass is 9.43. The zero-order valence-corrected chi connectivity index (χ0v) is 33.0. The number of Topliss-reactive ketones (excluding diaryl/α,β-unsaturated/α-hetero) is 2. The summed E-state index contributed by atoms with van der Waals surface area (Å²) in [6, 6.07) is 7.66. The number of rotatable bonds is 10. The van der Waals surface area contributed by atoms with Crippen LogP contribution in [0, 0.1) is 52.3 Å². The molecule has 1 aromatic carbocycles. The second kappa shape index (κ2) is 12.8. The third kappa shape index (κ3) is 6.31. The van der Waals surface area contributed by atoms with E-state index in [1.807, 2.05) is 45.0 Å². The average Bonchev–Trinajstić information content (AvgIpc) is 3.62. The van der Waals surface area contributed by atoms with Gasteiger partial charge in [0.1, 0.15) is 17.2 Å². The number of ether oxygens (including phenoxy) is 1. The lowest BCUT2D eigenvalue weighted by molar-refractivity contribution is -0.199. The molecular formula is C43H59BN2O7. The fourth-order valence-electron chi connectivity index (χ4n) is 12.0. The number of nitrogens with one attached hydrogen (secondary N) is 1. The number of fused-ring (bicyclic) bond motifs is 1. The number of carbonyl (C=O) groups is 4. The summed E-state index contributed by atoms with van der Waals surface area (Å²) in [5.41, 5.74) is 0.0836. The van der Waals surface area contributed by atoms with Gasteiger partial charge in [0.2, 0.25) is 5.91 Å². The Bertz CT molecular complexity index is 1810. The third-order valence-corrected chi connectivity index (χ3v) is 14.6. The van der Waals surface area contributed by atoms with Crippen LogP contribution in [0.15, 0.2) is 30.5 Å². The molecule has 7 aliphatic carbocycles. The molecule has 8 aliphatic rings. The molecule has 10 rings (SSSR count). The number of amides is 1. The summed E-state index contributed by atoms with van der Waals surface area (Å²) < 4.78 is 20.9. The highest BCUT2D eigenvalue weighted by Gasteiger charge is 2.68. The Morgan fingerprint density at radius 3 is 2.38 bits per heavy atom. The number of para-hydroxylation sites is 1. The van der Waals surface area contributed by atoms with Crippen LogP contribution in [0.2, 0.25) is 0 Å². The van der Waals surface area contributed by atoms with E-state index >= 15 is 0 Å². The Labute approximate surface area is 315 Å². The van der Waals surface area contributed by atoms with Gasteiger partial charge < -0.3 is 19.4 Å². The van der Waals surface area contributed by atoms with Crippen molar-refractivity contribution in [2.75, 3.05) is 0 Å². The molecule has 1 aliphatic heterocycles. The fraction of sp³-hybridized carbons (Fsp3) is 0.721. The molecule has 7 saturated carbocycles.